The van der Waals surface area contributed by atoms with E-state index in [0.717, 1.165) is 29.5 Å². The molecule has 1 aromatic carbocycles. The maximum Gasteiger partial charge on any atom is 0.242 e. The van der Waals surface area contributed by atoms with E-state index in [-0.39, 0.29) is 17.6 Å². The molecular weight excluding hydrogens is 374 g/mol. The Morgan fingerprint density at radius 1 is 1.21 bits per heavy atom. The summed E-state index contributed by atoms with van der Waals surface area (Å²) in [7, 11) is 0. The van der Waals surface area contributed by atoms with Crippen molar-refractivity contribution in [1.82, 2.24) is 10.6 Å². The molecule has 1 aromatic heterocycles. The summed E-state index contributed by atoms with van der Waals surface area (Å²) in [5.74, 6) is -0.391. The summed E-state index contributed by atoms with van der Waals surface area (Å²) >= 11 is 1.71. The van der Waals surface area contributed by atoms with Crippen LogP contribution < -0.4 is 16.4 Å². The van der Waals surface area contributed by atoms with Gasteiger partial charge in [0.15, 0.2) is 0 Å². The predicted octanol–water partition coefficient (Wildman–Crippen LogP) is 2.19. The van der Waals surface area contributed by atoms with Gasteiger partial charge >= 0.3 is 0 Å². The lowest BCUT2D eigenvalue weighted by Gasteiger charge is -2.19. The lowest BCUT2D eigenvalue weighted by Crippen LogP contribution is -2.51. The van der Waals surface area contributed by atoms with Crippen LogP contribution >= 0.6 is 11.3 Å². The summed E-state index contributed by atoms with van der Waals surface area (Å²) in [6.45, 7) is 5.96. The molecule has 1 heterocycles. The molecule has 7 heteroatoms. The number of benzene rings is 1. The summed E-state index contributed by atoms with van der Waals surface area (Å²) < 4.78 is 0. The Bertz CT molecular complexity index is 782. The highest BCUT2D eigenvalue weighted by molar-refractivity contribution is 7.09. The molecule has 2 rings (SSSR count). The quantitative estimate of drug-likeness (QED) is 0.482. The molecule has 2 aromatic rings. The van der Waals surface area contributed by atoms with Gasteiger partial charge in [-0.2, -0.15) is 0 Å². The highest BCUT2D eigenvalue weighted by atomic mass is 32.1. The molecule has 0 spiro atoms. The molecule has 1 unspecified atom stereocenters. The van der Waals surface area contributed by atoms with E-state index in [1.54, 1.807) is 30.4 Å². The maximum absolute atomic E-state index is 12.4. The number of hydrogen-bond donors (Lipinski definition) is 4. The first kappa shape index (κ1) is 21.9. The van der Waals surface area contributed by atoms with E-state index in [1.807, 2.05) is 25.3 Å². The van der Waals surface area contributed by atoms with Crippen LogP contribution in [0.5, 0.6) is 5.75 Å². The van der Waals surface area contributed by atoms with Gasteiger partial charge in [-0.05, 0) is 80.3 Å². The molecule has 0 aliphatic rings. The molecule has 5 N–H and O–H groups in total. The van der Waals surface area contributed by atoms with Gasteiger partial charge in [0.1, 0.15) is 11.8 Å². The Kier molecular flexibility index (Phi) is 8.02. The fourth-order valence-electron chi connectivity index (χ4n) is 3.07. The zero-order valence-electron chi connectivity index (χ0n) is 16.6. The third-order valence-electron chi connectivity index (χ3n) is 4.67. The second kappa shape index (κ2) is 10.2. The van der Waals surface area contributed by atoms with Crippen molar-refractivity contribution >= 4 is 23.2 Å². The molecule has 2 amide bonds. The van der Waals surface area contributed by atoms with Crippen molar-refractivity contribution in [2.24, 2.45) is 5.73 Å². The fourth-order valence-corrected chi connectivity index (χ4v) is 3.82. The maximum atomic E-state index is 12.4. The van der Waals surface area contributed by atoms with Crippen LogP contribution in [0.15, 0.2) is 29.6 Å². The third kappa shape index (κ3) is 6.35. The zero-order chi connectivity index (χ0) is 20.7. The Morgan fingerprint density at radius 3 is 2.50 bits per heavy atom. The molecular formula is C21H29N3O3S. The van der Waals surface area contributed by atoms with Crippen LogP contribution in [0.4, 0.5) is 0 Å². The number of thiophene rings is 1. The topological polar surface area (TPSA) is 104 Å². The summed E-state index contributed by atoms with van der Waals surface area (Å²) in [4.78, 5) is 25.8. The number of hydrogen-bond acceptors (Lipinski definition) is 5. The number of aryl methyl sites for hydroxylation is 3. The molecule has 6 nitrogen and oxygen atoms in total. The van der Waals surface area contributed by atoms with Gasteiger partial charge in [-0.3, -0.25) is 9.59 Å². The Morgan fingerprint density at radius 2 is 1.89 bits per heavy atom. The predicted molar refractivity (Wildman–Crippen MR) is 113 cm³/mol. The first-order valence-corrected chi connectivity index (χ1v) is 10.3. The summed E-state index contributed by atoms with van der Waals surface area (Å²) in [6.07, 6.45) is 2.12. The molecule has 0 fully saturated rings. The van der Waals surface area contributed by atoms with Gasteiger partial charge in [-0.1, -0.05) is 6.07 Å². The van der Waals surface area contributed by atoms with E-state index in [4.69, 9.17) is 5.73 Å². The zero-order valence-corrected chi connectivity index (χ0v) is 17.4. The minimum absolute atomic E-state index is 0.196. The summed E-state index contributed by atoms with van der Waals surface area (Å²) in [5, 5.41) is 17.2. The molecule has 0 bridgehead atoms. The number of carbonyl (C=O) groups excluding carboxylic acids is 2. The average Bonchev–Trinajstić information content (AvgIpc) is 3.14. The highest BCUT2D eigenvalue weighted by Crippen LogP contribution is 2.21. The lowest BCUT2D eigenvalue weighted by atomic mass is 9.96. The van der Waals surface area contributed by atoms with Crippen molar-refractivity contribution in [1.29, 1.82) is 0 Å². The first-order valence-electron chi connectivity index (χ1n) is 9.43. The minimum atomic E-state index is -0.768. The van der Waals surface area contributed by atoms with Crippen LogP contribution in [0.1, 0.15) is 34.9 Å². The number of carbonyl (C=O) groups is 2. The Labute approximate surface area is 170 Å². The second-order valence-electron chi connectivity index (χ2n) is 7.07. The molecule has 0 saturated heterocycles. The van der Waals surface area contributed by atoms with Gasteiger partial charge in [0.25, 0.3) is 0 Å². The second-order valence-corrected chi connectivity index (χ2v) is 8.11. The smallest absolute Gasteiger partial charge is 0.242 e. The van der Waals surface area contributed by atoms with Gasteiger partial charge in [0.2, 0.25) is 11.8 Å². The van der Waals surface area contributed by atoms with Gasteiger partial charge in [-0.25, -0.2) is 0 Å². The van der Waals surface area contributed by atoms with Crippen molar-refractivity contribution in [3.8, 4) is 5.75 Å². The first-order chi connectivity index (χ1) is 13.3. The molecule has 28 heavy (non-hydrogen) atoms. The molecule has 0 aliphatic heterocycles. The van der Waals surface area contributed by atoms with Crippen molar-refractivity contribution in [2.75, 3.05) is 6.54 Å². The number of nitrogens with one attached hydrogen (secondary N) is 2. The van der Waals surface area contributed by atoms with E-state index < -0.39 is 12.1 Å². The van der Waals surface area contributed by atoms with Crippen LogP contribution in [0.2, 0.25) is 0 Å². The number of amides is 2. The van der Waals surface area contributed by atoms with Crippen molar-refractivity contribution < 1.29 is 14.7 Å². The molecule has 2 atom stereocenters. The fraction of sp³-hybridized carbons (Fsp3) is 0.429. The minimum Gasteiger partial charge on any atom is -0.508 e. The number of aromatic hydroxyl groups is 1. The van der Waals surface area contributed by atoms with Crippen LogP contribution in [-0.2, 0) is 22.4 Å². The Balaban J connectivity index is 1.78. The van der Waals surface area contributed by atoms with E-state index >= 15 is 0 Å². The monoisotopic (exact) mass is 403 g/mol. The summed E-state index contributed by atoms with van der Waals surface area (Å²) in [6, 6.07) is 5.98. The van der Waals surface area contributed by atoms with Crippen LogP contribution in [0.25, 0.3) is 0 Å². The van der Waals surface area contributed by atoms with Crippen molar-refractivity contribution in [2.45, 2.75) is 52.1 Å². The highest BCUT2D eigenvalue weighted by Gasteiger charge is 2.21. The van der Waals surface area contributed by atoms with E-state index in [9.17, 15) is 14.7 Å². The number of phenols is 1. The van der Waals surface area contributed by atoms with Gasteiger partial charge < -0.3 is 21.5 Å². The SMILES string of the molecule is Cc1cc(O)cc(C)c1CC(N)C(=O)N[C@H](C)C(=O)NCCCc1cccs1. The van der Waals surface area contributed by atoms with Gasteiger partial charge in [-0.15, -0.1) is 11.3 Å². The number of phenolic OH excluding ortho intramolecular Hbond substituents is 1. The van der Waals surface area contributed by atoms with Crippen LogP contribution in [0, 0.1) is 13.8 Å². The molecule has 0 saturated carbocycles. The lowest BCUT2D eigenvalue weighted by molar-refractivity contribution is -0.129. The largest absolute Gasteiger partial charge is 0.508 e. The van der Waals surface area contributed by atoms with E-state index in [0.29, 0.717) is 13.0 Å². The third-order valence-corrected chi connectivity index (χ3v) is 5.61. The van der Waals surface area contributed by atoms with E-state index in [2.05, 4.69) is 16.7 Å². The summed E-state index contributed by atoms with van der Waals surface area (Å²) in [5.41, 5.74) is 8.75. The average molecular weight is 404 g/mol. The molecule has 0 radical (unpaired) electrons. The van der Waals surface area contributed by atoms with Crippen molar-refractivity contribution in [3.63, 3.8) is 0 Å². The normalized spacial score (nSPS) is 13.0. The van der Waals surface area contributed by atoms with Gasteiger partial charge in [0, 0.05) is 11.4 Å². The number of rotatable bonds is 9. The van der Waals surface area contributed by atoms with Crippen LogP contribution in [-0.4, -0.2) is 35.5 Å². The molecule has 152 valence electrons. The van der Waals surface area contributed by atoms with Gasteiger partial charge in [0.05, 0.1) is 6.04 Å². The Hall–Kier alpha value is -2.38. The van der Waals surface area contributed by atoms with E-state index in [1.165, 1.54) is 4.88 Å². The van der Waals surface area contributed by atoms with Crippen molar-refractivity contribution in [3.05, 3.63) is 51.2 Å². The standard InChI is InChI=1S/C21H29N3O3S/c1-13-10-16(25)11-14(2)18(13)12-19(22)21(27)24-15(3)20(26)23-8-4-6-17-7-5-9-28-17/h5,7,9-11,15,19,25H,4,6,8,12,22H2,1-3H3,(H,23,26)(H,24,27)/t15-,19?/m1/s1. The molecule has 0 aliphatic carbocycles. The number of nitrogens with two attached hydrogens (primary N) is 1. The van der Waals surface area contributed by atoms with Crippen LogP contribution in [0.3, 0.4) is 0 Å².